The first-order chi connectivity index (χ1) is 15.9. The molecule has 0 radical (unpaired) electrons. The summed E-state index contributed by atoms with van der Waals surface area (Å²) in [5.74, 6) is -0.502. The Morgan fingerprint density at radius 1 is 1.15 bits per heavy atom. The maximum atomic E-state index is 13.8. The quantitative estimate of drug-likeness (QED) is 0.370. The van der Waals surface area contributed by atoms with Crippen LogP contribution in [0.2, 0.25) is 0 Å². The Bertz CT molecular complexity index is 999. The van der Waals surface area contributed by atoms with Crippen molar-refractivity contribution in [3.05, 3.63) is 54.4 Å². The summed E-state index contributed by atoms with van der Waals surface area (Å²) in [6, 6.07) is 8.35. The van der Waals surface area contributed by atoms with Gasteiger partial charge in [-0.1, -0.05) is 0 Å². The summed E-state index contributed by atoms with van der Waals surface area (Å²) < 4.78 is 39.6. The van der Waals surface area contributed by atoms with E-state index in [0.717, 1.165) is 12.8 Å². The molecule has 1 aliphatic rings. The zero-order chi connectivity index (χ0) is 23.8. The van der Waals surface area contributed by atoms with Crippen molar-refractivity contribution >= 4 is 28.3 Å². The van der Waals surface area contributed by atoms with Crippen LogP contribution in [0.15, 0.2) is 53.7 Å². The number of carbonyl (C=O) groups excluding carboxylic acids is 1. The molecule has 34 heavy (non-hydrogen) atoms. The molecule has 188 valence electrons. The second-order valence-electron chi connectivity index (χ2n) is 7.99. The molecular weight excluding hydrogens is 482 g/mol. The number of amides is 1. The number of hydrogen-bond donors (Lipinski definition) is 2. The maximum absolute atomic E-state index is 13.8. The molecule has 3 rings (SSSR count). The third-order valence-electron chi connectivity index (χ3n) is 6.01. The molecule has 0 saturated heterocycles. The molecule has 1 aromatic heterocycles. The lowest BCUT2D eigenvalue weighted by Gasteiger charge is -2.38. The van der Waals surface area contributed by atoms with E-state index in [1.54, 1.807) is 42.1 Å². The maximum Gasteiger partial charge on any atom is 0.262 e. The lowest BCUT2D eigenvalue weighted by molar-refractivity contribution is -0.136. The van der Waals surface area contributed by atoms with E-state index in [4.69, 9.17) is 9.47 Å². The van der Waals surface area contributed by atoms with Crippen LogP contribution in [0.4, 0.5) is 0 Å². The van der Waals surface area contributed by atoms with Crippen LogP contribution >= 0.6 is 12.4 Å². The average molecular weight is 514 g/mol. The Kier molecular flexibility index (Phi) is 10.7. The van der Waals surface area contributed by atoms with Gasteiger partial charge in [-0.3, -0.25) is 15.0 Å². The Morgan fingerprint density at radius 3 is 2.29 bits per heavy atom. The van der Waals surface area contributed by atoms with Crippen molar-refractivity contribution in [2.75, 3.05) is 13.7 Å². The molecule has 1 aromatic carbocycles. The number of benzene rings is 1. The van der Waals surface area contributed by atoms with Gasteiger partial charge >= 0.3 is 0 Å². The van der Waals surface area contributed by atoms with Gasteiger partial charge in [0.2, 0.25) is 10.0 Å². The lowest BCUT2D eigenvalue weighted by Crippen LogP contribution is -2.53. The molecule has 1 fully saturated rings. The fraction of sp³-hybridized carbons (Fsp3) is 0.478. The van der Waals surface area contributed by atoms with E-state index >= 15 is 0 Å². The second kappa shape index (κ2) is 13.0. The highest BCUT2D eigenvalue weighted by molar-refractivity contribution is 7.89. The number of ether oxygens (including phenoxy) is 2. The van der Waals surface area contributed by atoms with E-state index in [1.165, 1.54) is 23.5 Å². The Hall–Kier alpha value is -2.24. The SMILES string of the molecule is CCOC1CCC(C(C(=O)NO)N(Cc2ccncc2)S(=O)(=O)c2ccc(OC)cc2)CC1.Cl. The van der Waals surface area contributed by atoms with Crippen LogP contribution in [0.3, 0.4) is 0 Å². The van der Waals surface area contributed by atoms with Crippen molar-refractivity contribution in [1.82, 2.24) is 14.8 Å². The number of hydroxylamine groups is 1. The highest BCUT2D eigenvalue weighted by atomic mass is 35.5. The third-order valence-corrected chi connectivity index (χ3v) is 7.85. The van der Waals surface area contributed by atoms with E-state index < -0.39 is 22.0 Å². The van der Waals surface area contributed by atoms with E-state index in [1.807, 2.05) is 6.92 Å². The van der Waals surface area contributed by atoms with Crippen LogP contribution < -0.4 is 10.2 Å². The molecule has 11 heteroatoms. The second-order valence-corrected chi connectivity index (χ2v) is 9.88. The lowest BCUT2D eigenvalue weighted by atomic mass is 9.82. The van der Waals surface area contributed by atoms with Crippen molar-refractivity contribution in [1.29, 1.82) is 0 Å². The van der Waals surface area contributed by atoms with Crippen molar-refractivity contribution in [3.63, 3.8) is 0 Å². The van der Waals surface area contributed by atoms with E-state index in [9.17, 15) is 18.4 Å². The fourth-order valence-corrected chi connectivity index (χ4v) is 5.97. The van der Waals surface area contributed by atoms with Crippen LogP contribution in [0.1, 0.15) is 38.2 Å². The predicted molar refractivity (Wildman–Crippen MR) is 128 cm³/mol. The number of hydrogen-bond acceptors (Lipinski definition) is 7. The zero-order valence-corrected chi connectivity index (χ0v) is 20.9. The Balaban J connectivity index is 0.00000408. The standard InChI is InChI=1S/C23H31N3O6S.ClH/c1-3-32-20-6-4-18(5-7-20)22(23(27)25-28)26(16-17-12-14-24-15-13-17)33(29,30)21-10-8-19(31-2)9-11-21;/h8-15,18,20,22,28H,3-7,16H2,1-2H3,(H,25,27);1H. The summed E-state index contributed by atoms with van der Waals surface area (Å²) in [5.41, 5.74) is 2.38. The molecule has 1 aliphatic carbocycles. The van der Waals surface area contributed by atoms with E-state index in [0.29, 0.717) is 30.8 Å². The molecule has 0 spiro atoms. The number of aromatic nitrogens is 1. The van der Waals surface area contributed by atoms with Crippen molar-refractivity contribution in [2.45, 2.75) is 56.2 Å². The molecular formula is C23H32ClN3O6S. The minimum absolute atomic E-state index is 0. The minimum Gasteiger partial charge on any atom is -0.497 e. The number of pyridine rings is 1. The molecule has 1 saturated carbocycles. The van der Waals surface area contributed by atoms with Gasteiger partial charge in [-0.2, -0.15) is 4.31 Å². The highest BCUT2D eigenvalue weighted by Gasteiger charge is 2.42. The molecule has 0 bridgehead atoms. The van der Waals surface area contributed by atoms with Gasteiger partial charge in [-0.25, -0.2) is 13.9 Å². The topological polar surface area (TPSA) is 118 Å². The monoisotopic (exact) mass is 513 g/mol. The van der Waals surface area contributed by atoms with Crippen LogP contribution in [0.25, 0.3) is 0 Å². The Labute approximate surface area is 206 Å². The summed E-state index contributed by atoms with van der Waals surface area (Å²) in [5, 5.41) is 9.52. The van der Waals surface area contributed by atoms with Crippen LogP contribution in [0, 0.1) is 5.92 Å². The molecule has 2 aromatic rings. The first kappa shape index (κ1) is 28.0. The predicted octanol–water partition coefficient (Wildman–Crippen LogP) is 3.17. The summed E-state index contributed by atoms with van der Waals surface area (Å²) in [6.07, 6.45) is 5.89. The van der Waals surface area contributed by atoms with Gasteiger partial charge in [0.25, 0.3) is 5.91 Å². The number of halogens is 1. The number of nitrogens with one attached hydrogen (secondary N) is 1. The van der Waals surface area contributed by atoms with Gasteiger partial charge in [0.05, 0.1) is 18.1 Å². The van der Waals surface area contributed by atoms with Crippen molar-refractivity contribution in [2.24, 2.45) is 5.92 Å². The number of methoxy groups -OCH3 is 1. The third kappa shape index (κ3) is 6.67. The number of rotatable bonds is 10. The molecule has 0 aliphatic heterocycles. The minimum atomic E-state index is -4.10. The van der Waals surface area contributed by atoms with Crippen LogP contribution in [-0.4, -0.2) is 54.7 Å². The van der Waals surface area contributed by atoms with Crippen LogP contribution in [-0.2, 0) is 26.1 Å². The van der Waals surface area contributed by atoms with Gasteiger partial charge in [0, 0.05) is 25.5 Å². The van der Waals surface area contributed by atoms with Gasteiger partial charge in [-0.15, -0.1) is 12.4 Å². The molecule has 2 N–H and O–H groups in total. The molecule has 1 unspecified atom stereocenters. The van der Waals surface area contributed by atoms with Gasteiger partial charge < -0.3 is 9.47 Å². The number of nitrogens with zero attached hydrogens (tertiary/aromatic N) is 2. The Morgan fingerprint density at radius 2 is 1.76 bits per heavy atom. The van der Waals surface area contributed by atoms with Gasteiger partial charge in [0.1, 0.15) is 11.8 Å². The fourth-order valence-electron chi connectivity index (χ4n) is 4.34. The smallest absolute Gasteiger partial charge is 0.262 e. The summed E-state index contributed by atoms with van der Waals surface area (Å²) in [7, 11) is -2.60. The summed E-state index contributed by atoms with van der Waals surface area (Å²) in [4.78, 5) is 16.9. The van der Waals surface area contributed by atoms with Crippen molar-refractivity contribution in [3.8, 4) is 5.75 Å². The number of carbonyl (C=O) groups is 1. The average Bonchev–Trinajstić information content (AvgIpc) is 2.85. The van der Waals surface area contributed by atoms with E-state index in [2.05, 4.69) is 4.98 Å². The van der Waals surface area contributed by atoms with Gasteiger partial charge in [0.15, 0.2) is 0 Å². The summed E-state index contributed by atoms with van der Waals surface area (Å²) in [6.45, 7) is 2.50. The first-order valence-corrected chi connectivity index (χ1v) is 12.4. The zero-order valence-electron chi connectivity index (χ0n) is 19.3. The molecule has 9 nitrogen and oxygen atoms in total. The normalized spacial score (nSPS) is 19.2. The summed E-state index contributed by atoms with van der Waals surface area (Å²) >= 11 is 0. The molecule has 1 heterocycles. The first-order valence-electron chi connectivity index (χ1n) is 11.0. The van der Waals surface area contributed by atoms with Crippen molar-refractivity contribution < 1.29 is 27.9 Å². The largest absolute Gasteiger partial charge is 0.497 e. The number of sulfonamides is 1. The molecule has 1 atom stereocenters. The molecule has 1 amide bonds. The van der Waals surface area contributed by atoms with E-state index in [-0.39, 0.29) is 35.9 Å². The van der Waals surface area contributed by atoms with Crippen LogP contribution in [0.5, 0.6) is 5.75 Å². The highest BCUT2D eigenvalue weighted by Crippen LogP contribution is 2.34. The van der Waals surface area contributed by atoms with Gasteiger partial charge in [-0.05, 0) is 80.5 Å².